The molecule has 0 radical (unpaired) electrons. The van der Waals surface area contributed by atoms with Crippen LogP contribution in [-0.4, -0.2) is 23.9 Å². The second-order valence-electron chi connectivity index (χ2n) is 3.89. The summed E-state index contributed by atoms with van der Waals surface area (Å²) in [6, 6.07) is 7.83. The highest BCUT2D eigenvalue weighted by molar-refractivity contribution is 5.28. The molecule has 18 heavy (non-hydrogen) atoms. The summed E-state index contributed by atoms with van der Waals surface area (Å²) in [5.74, 6) is 2.10. The van der Waals surface area contributed by atoms with Crippen LogP contribution < -0.4 is 10.1 Å². The van der Waals surface area contributed by atoms with Gasteiger partial charge < -0.3 is 14.5 Å². The molecule has 0 aliphatic rings. The van der Waals surface area contributed by atoms with Crippen LogP contribution in [0.3, 0.4) is 0 Å². The lowest BCUT2D eigenvalue weighted by molar-refractivity contribution is 0.414. The molecule has 1 aromatic heterocycles. The molecule has 5 nitrogen and oxygen atoms in total. The number of aromatic nitrogens is 2. The minimum atomic E-state index is 0.617. The van der Waals surface area contributed by atoms with Gasteiger partial charge in [-0.1, -0.05) is 19.1 Å². The Morgan fingerprint density at radius 2 is 1.89 bits per heavy atom. The first-order valence-electron chi connectivity index (χ1n) is 5.96. The van der Waals surface area contributed by atoms with E-state index in [1.54, 1.807) is 7.11 Å². The molecule has 0 spiro atoms. The third-order valence-electron chi connectivity index (χ3n) is 2.55. The molecule has 0 amide bonds. The van der Waals surface area contributed by atoms with Gasteiger partial charge in [0.1, 0.15) is 5.75 Å². The van der Waals surface area contributed by atoms with Crippen molar-refractivity contribution in [1.82, 2.24) is 15.5 Å². The van der Waals surface area contributed by atoms with Crippen LogP contribution in [0, 0.1) is 0 Å². The number of nitrogens with one attached hydrogen (secondary N) is 1. The third-order valence-corrected chi connectivity index (χ3v) is 2.55. The first-order valence-corrected chi connectivity index (χ1v) is 5.96. The summed E-state index contributed by atoms with van der Waals surface area (Å²) >= 11 is 0. The summed E-state index contributed by atoms with van der Waals surface area (Å²) in [5, 5.41) is 11.1. The fourth-order valence-corrected chi connectivity index (χ4v) is 1.58. The monoisotopic (exact) mass is 247 g/mol. The molecule has 0 unspecified atom stereocenters. The second kappa shape index (κ2) is 6.16. The van der Waals surface area contributed by atoms with Crippen molar-refractivity contribution in [3.05, 3.63) is 41.6 Å². The Bertz CT molecular complexity index is 479. The quantitative estimate of drug-likeness (QED) is 0.843. The van der Waals surface area contributed by atoms with E-state index in [0.717, 1.165) is 17.9 Å². The summed E-state index contributed by atoms with van der Waals surface area (Å²) in [6.45, 7) is 3.54. The molecule has 1 N–H and O–H groups in total. The Morgan fingerprint density at radius 3 is 2.56 bits per heavy atom. The molecule has 2 aromatic rings. The first kappa shape index (κ1) is 12.6. The van der Waals surface area contributed by atoms with E-state index in [2.05, 4.69) is 15.5 Å². The molecule has 0 saturated heterocycles. The van der Waals surface area contributed by atoms with Crippen LogP contribution in [0.2, 0.25) is 0 Å². The highest BCUT2D eigenvalue weighted by atomic mass is 16.5. The van der Waals surface area contributed by atoms with Crippen molar-refractivity contribution in [3.8, 4) is 5.75 Å². The predicted molar refractivity (Wildman–Crippen MR) is 67.5 cm³/mol. The highest BCUT2D eigenvalue weighted by Gasteiger charge is 2.06. The molecular weight excluding hydrogens is 230 g/mol. The third kappa shape index (κ3) is 3.30. The van der Waals surface area contributed by atoms with Crippen LogP contribution in [0.4, 0.5) is 0 Å². The molecule has 1 heterocycles. The van der Waals surface area contributed by atoms with Crippen LogP contribution in [0.25, 0.3) is 0 Å². The van der Waals surface area contributed by atoms with E-state index < -0.39 is 0 Å². The van der Waals surface area contributed by atoms with Gasteiger partial charge >= 0.3 is 0 Å². The summed E-state index contributed by atoms with van der Waals surface area (Å²) in [5.41, 5.74) is 1.12. The Labute approximate surface area is 106 Å². The number of hydrogen-bond acceptors (Lipinski definition) is 5. The van der Waals surface area contributed by atoms with Crippen molar-refractivity contribution in [2.45, 2.75) is 19.9 Å². The van der Waals surface area contributed by atoms with Gasteiger partial charge in [0.2, 0.25) is 11.8 Å². The van der Waals surface area contributed by atoms with Crippen LogP contribution in [0.1, 0.15) is 24.3 Å². The van der Waals surface area contributed by atoms with Crippen LogP contribution in [0.15, 0.2) is 28.7 Å². The van der Waals surface area contributed by atoms with Crippen molar-refractivity contribution >= 4 is 0 Å². The molecule has 0 aliphatic carbocycles. The summed E-state index contributed by atoms with van der Waals surface area (Å²) in [6.07, 6.45) is 0.642. The van der Waals surface area contributed by atoms with Crippen molar-refractivity contribution in [3.63, 3.8) is 0 Å². The van der Waals surface area contributed by atoms with E-state index in [1.165, 1.54) is 0 Å². The number of rotatable bonds is 6. The van der Waals surface area contributed by atoms with Gasteiger partial charge in [0.15, 0.2) is 0 Å². The van der Waals surface area contributed by atoms with Gasteiger partial charge in [-0.3, -0.25) is 0 Å². The zero-order chi connectivity index (χ0) is 12.8. The lowest BCUT2D eigenvalue weighted by Crippen LogP contribution is -2.11. The van der Waals surface area contributed by atoms with E-state index in [-0.39, 0.29) is 0 Å². The SMILES string of the molecule is CCNCc1nnc(Cc2ccc(OC)cc2)o1. The van der Waals surface area contributed by atoms with E-state index >= 15 is 0 Å². The Morgan fingerprint density at radius 1 is 1.17 bits per heavy atom. The van der Waals surface area contributed by atoms with Crippen molar-refractivity contribution < 1.29 is 9.15 Å². The smallest absolute Gasteiger partial charge is 0.230 e. The van der Waals surface area contributed by atoms with Gasteiger partial charge in [-0.15, -0.1) is 10.2 Å². The van der Waals surface area contributed by atoms with Gasteiger partial charge in [0.25, 0.3) is 0 Å². The Kier molecular flexibility index (Phi) is 4.30. The Balaban J connectivity index is 1.97. The molecule has 0 saturated carbocycles. The maximum atomic E-state index is 5.53. The predicted octanol–water partition coefficient (Wildman–Crippen LogP) is 1.78. The highest BCUT2D eigenvalue weighted by Crippen LogP contribution is 2.14. The molecule has 0 atom stereocenters. The van der Waals surface area contributed by atoms with Gasteiger partial charge in [-0.05, 0) is 24.2 Å². The van der Waals surface area contributed by atoms with Gasteiger partial charge in [0.05, 0.1) is 20.1 Å². The molecular formula is C13H17N3O2. The van der Waals surface area contributed by atoms with Crippen molar-refractivity contribution in [1.29, 1.82) is 0 Å². The molecule has 1 aromatic carbocycles. The largest absolute Gasteiger partial charge is 0.497 e. The molecule has 0 bridgehead atoms. The summed E-state index contributed by atoms with van der Waals surface area (Å²) in [4.78, 5) is 0. The zero-order valence-electron chi connectivity index (χ0n) is 10.6. The minimum Gasteiger partial charge on any atom is -0.497 e. The van der Waals surface area contributed by atoms with Crippen molar-refractivity contribution in [2.75, 3.05) is 13.7 Å². The van der Waals surface area contributed by atoms with Gasteiger partial charge in [-0.2, -0.15) is 0 Å². The molecule has 2 rings (SSSR count). The van der Waals surface area contributed by atoms with E-state index in [1.807, 2.05) is 31.2 Å². The fraction of sp³-hybridized carbons (Fsp3) is 0.385. The number of nitrogens with zero attached hydrogens (tertiary/aromatic N) is 2. The molecule has 0 fully saturated rings. The van der Waals surface area contributed by atoms with Gasteiger partial charge in [-0.25, -0.2) is 0 Å². The lowest BCUT2D eigenvalue weighted by atomic mass is 10.1. The number of methoxy groups -OCH3 is 1. The Hall–Kier alpha value is -1.88. The average Bonchev–Trinajstić information content (AvgIpc) is 2.85. The molecule has 96 valence electrons. The number of ether oxygens (including phenoxy) is 1. The molecule has 0 aliphatic heterocycles. The maximum absolute atomic E-state index is 5.53. The minimum absolute atomic E-state index is 0.617. The van der Waals surface area contributed by atoms with Crippen LogP contribution in [0.5, 0.6) is 5.75 Å². The lowest BCUT2D eigenvalue weighted by Gasteiger charge is -2.00. The van der Waals surface area contributed by atoms with Gasteiger partial charge in [0, 0.05) is 0 Å². The summed E-state index contributed by atoms with van der Waals surface area (Å²) in [7, 11) is 1.65. The van der Waals surface area contributed by atoms with Crippen molar-refractivity contribution in [2.24, 2.45) is 0 Å². The normalized spacial score (nSPS) is 10.6. The average molecular weight is 247 g/mol. The zero-order valence-corrected chi connectivity index (χ0v) is 10.6. The second-order valence-corrected chi connectivity index (χ2v) is 3.89. The first-order chi connectivity index (χ1) is 8.81. The number of benzene rings is 1. The number of hydrogen-bond donors (Lipinski definition) is 1. The standard InChI is InChI=1S/C13H17N3O2/c1-3-14-9-13-16-15-12(18-13)8-10-4-6-11(17-2)7-5-10/h4-7,14H,3,8-9H2,1-2H3. The molecule has 5 heteroatoms. The van der Waals surface area contributed by atoms with Crippen LogP contribution >= 0.6 is 0 Å². The van der Waals surface area contributed by atoms with E-state index in [4.69, 9.17) is 9.15 Å². The fourth-order valence-electron chi connectivity index (χ4n) is 1.58. The summed E-state index contributed by atoms with van der Waals surface area (Å²) < 4.78 is 10.6. The maximum Gasteiger partial charge on any atom is 0.230 e. The van der Waals surface area contributed by atoms with Crippen LogP contribution in [-0.2, 0) is 13.0 Å². The van der Waals surface area contributed by atoms with E-state index in [0.29, 0.717) is 24.7 Å². The van der Waals surface area contributed by atoms with E-state index in [9.17, 15) is 0 Å². The topological polar surface area (TPSA) is 60.2 Å².